The minimum atomic E-state index is -0.624. The molecule has 1 N–H and O–H groups in total. The number of hydrogen-bond acceptors (Lipinski definition) is 5. The van der Waals surface area contributed by atoms with E-state index in [1.54, 1.807) is 24.3 Å². The van der Waals surface area contributed by atoms with Crippen molar-refractivity contribution in [3.63, 3.8) is 0 Å². The number of carbonyl (C=O) groups excluding carboxylic acids is 3. The van der Waals surface area contributed by atoms with Gasteiger partial charge in [0.1, 0.15) is 12.3 Å². The van der Waals surface area contributed by atoms with Crippen LogP contribution in [-0.2, 0) is 9.59 Å². The van der Waals surface area contributed by atoms with Gasteiger partial charge in [-0.15, -0.1) is 11.3 Å². The van der Waals surface area contributed by atoms with E-state index >= 15 is 0 Å². The molecule has 0 unspecified atom stereocenters. The Morgan fingerprint density at radius 1 is 1.24 bits per heavy atom. The average Bonchev–Trinajstić information content (AvgIpc) is 3.43. The van der Waals surface area contributed by atoms with Crippen molar-refractivity contribution in [3.8, 4) is 5.75 Å². The molecule has 1 aliphatic heterocycles. The zero-order chi connectivity index (χ0) is 20.4. The second-order valence-corrected chi connectivity index (χ2v) is 8.42. The molecule has 1 atom stereocenters. The minimum Gasteiger partial charge on any atom is -0.478 e. The summed E-state index contributed by atoms with van der Waals surface area (Å²) >= 11 is 1.37. The first-order valence-electron chi connectivity index (χ1n) is 10.1. The largest absolute Gasteiger partial charge is 0.478 e. The van der Waals surface area contributed by atoms with Crippen molar-refractivity contribution >= 4 is 34.6 Å². The van der Waals surface area contributed by atoms with Crippen LogP contribution in [-0.4, -0.2) is 36.3 Å². The van der Waals surface area contributed by atoms with E-state index < -0.39 is 6.10 Å². The van der Waals surface area contributed by atoms with Gasteiger partial charge >= 0.3 is 0 Å². The average molecular weight is 413 g/mol. The molecule has 2 heterocycles. The summed E-state index contributed by atoms with van der Waals surface area (Å²) in [6, 6.07) is 8.87. The van der Waals surface area contributed by atoms with Crippen LogP contribution in [0.5, 0.6) is 5.75 Å². The monoisotopic (exact) mass is 412 g/mol. The number of fused-ring (bicyclic) bond motifs is 1. The van der Waals surface area contributed by atoms with Gasteiger partial charge in [-0.3, -0.25) is 19.3 Å². The van der Waals surface area contributed by atoms with E-state index in [9.17, 15) is 14.4 Å². The van der Waals surface area contributed by atoms with E-state index in [0.29, 0.717) is 28.3 Å². The highest BCUT2D eigenvalue weighted by molar-refractivity contribution is 7.12. The Morgan fingerprint density at radius 2 is 2.03 bits per heavy atom. The molecular formula is C22H24N2O4S. The maximum Gasteiger partial charge on any atom is 0.268 e. The van der Waals surface area contributed by atoms with Crippen molar-refractivity contribution in [2.75, 3.05) is 11.4 Å². The van der Waals surface area contributed by atoms with Gasteiger partial charge in [0, 0.05) is 11.6 Å². The SMILES string of the molecule is CC[C@H]1Oc2ccc(C(=O)c3cccs3)cc2N(CC(=O)NC2CCCC2)C1=O. The molecule has 1 aromatic heterocycles. The fraction of sp³-hybridized carbons (Fsp3) is 0.409. The lowest BCUT2D eigenvalue weighted by molar-refractivity contribution is -0.129. The number of nitrogens with one attached hydrogen (secondary N) is 1. The lowest BCUT2D eigenvalue weighted by Crippen LogP contribution is -2.50. The van der Waals surface area contributed by atoms with Crippen molar-refractivity contribution in [3.05, 3.63) is 46.2 Å². The van der Waals surface area contributed by atoms with Gasteiger partial charge in [-0.1, -0.05) is 25.8 Å². The molecule has 2 amide bonds. The molecule has 6 nitrogen and oxygen atoms in total. The number of benzene rings is 1. The van der Waals surface area contributed by atoms with Gasteiger partial charge in [-0.05, 0) is 48.9 Å². The van der Waals surface area contributed by atoms with Gasteiger partial charge in [-0.2, -0.15) is 0 Å². The Balaban J connectivity index is 1.61. The Bertz CT molecular complexity index is 919. The van der Waals surface area contributed by atoms with Gasteiger partial charge in [0.2, 0.25) is 11.7 Å². The van der Waals surface area contributed by atoms with Crippen molar-refractivity contribution < 1.29 is 19.1 Å². The number of ketones is 1. The van der Waals surface area contributed by atoms with Gasteiger partial charge < -0.3 is 10.1 Å². The molecule has 4 rings (SSSR count). The number of anilines is 1. The molecule has 29 heavy (non-hydrogen) atoms. The second kappa shape index (κ2) is 8.37. The van der Waals surface area contributed by atoms with E-state index in [2.05, 4.69) is 5.32 Å². The molecule has 1 saturated carbocycles. The number of amides is 2. The molecular weight excluding hydrogens is 388 g/mol. The molecule has 1 aliphatic carbocycles. The Kier molecular flexibility index (Phi) is 5.67. The topological polar surface area (TPSA) is 75.7 Å². The van der Waals surface area contributed by atoms with Gasteiger partial charge in [0.15, 0.2) is 6.10 Å². The van der Waals surface area contributed by atoms with Crippen LogP contribution in [0.1, 0.15) is 54.3 Å². The molecule has 2 aliphatic rings. The Labute approximate surface area is 173 Å². The Morgan fingerprint density at radius 3 is 2.72 bits per heavy atom. The predicted molar refractivity (Wildman–Crippen MR) is 112 cm³/mol. The highest BCUT2D eigenvalue weighted by Gasteiger charge is 2.35. The summed E-state index contributed by atoms with van der Waals surface area (Å²) in [5, 5.41) is 4.88. The van der Waals surface area contributed by atoms with E-state index in [4.69, 9.17) is 4.74 Å². The van der Waals surface area contributed by atoms with E-state index in [1.165, 1.54) is 16.2 Å². The molecule has 1 aromatic carbocycles. The van der Waals surface area contributed by atoms with Crippen LogP contribution in [0, 0.1) is 0 Å². The summed E-state index contributed by atoms with van der Waals surface area (Å²) in [6.07, 6.45) is 4.09. The summed E-state index contributed by atoms with van der Waals surface area (Å²) in [5.41, 5.74) is 0.947. The molecule has 0 saturated heterocycles. The van der Waals surface area contributed by atoms with Gasteiger partial charge in [-0.25, -0.2) is 0 Å². The molecule has 0 spiro atoms. The first-order chi connectivity index (χ1) is 14.1. The highest BCUT2D eigenvalue weighted by Crippen LogP contribution is 2.36. The lowest BCUT2D eigenvalue weighted by atomic mass is 10.0. The van der Waals surface area contributed by atoms with Crippen molar-refractivity contribution in [2.24, 2.45) is 0 Å². The summed E-state index contributed by atoms with van der Waals surface area (Å²) in [6.45, 7) is 1.80. The molecule has 2 aromatic rings. The fourth-order valence-corrected chi connectivity index (χ4v) is 4.61. The van der Waals surface area contributed by atoms with Crippen molar-refractivity contribution in [1.29, 1.82) is 0 Å². The predicted octanol–water partition coefficient (Wildman–Crippen LogP) is 3.54. The van der Waals surface area contributed by atoms with Crippen LogP contribution >= 0.6 is 11.3 Å². The normalized spacial score (nSPS) is 19.0. The summed E-state index contributed by atoms with van der Waals surface area (Å²) < 4.78 is 5.83. The Hall–Kier alpha value is -2.67. The first-order valence-corrected chi connectivity index (χ1v) is 10.9. The number of rotatable bonds is 6. The van der Waals surface area contributed by atoms with Crippen LogP contribution in [0.15, 0.2) is 35.7 Å². The molecule has 1 fully saturated rings. The highest BCUT2D eigenvalue weighted by atomic mass is 32.1. The van der Waals surface area contributed by atoms with E-state index in [0.717, 1.165) is 25.7 Å². The zero-order valence-electron chi connectivity index (χ0n) is 16.3. The lowest BCUT2D eigenvalue weighted by Gasteiger charge is -2.34. The fourth-order valence-electron chi connectivity index (χ4n) is 3.92. The number of carbonyl (C=O) groups is 3. The first kappa shape index (κ1) is 19.6. The third-order valence-corrected chi connectivity index (χ3v) is 6.33. The van der Waals surface area contributed by atoms with Crippen molar-refractivity contribution in [1.82, 2.24) is 5.32 Å². The third-order valence-electron chi connectivity index (χ3n) is 5.46. The standard InChI is InChI=1S/C22H24N2O4S/c1-2-17-22(27)24(13-20(25)23-15-6-3-4-7-15)16-12-14(9-10-18(16)28-17)21(26)19-8-5-11-29-19/h5,8-12,15,17H,2-4,6-7,13H2,1H3,(H,23,25)/t17-/m1/s1. The number of ether oxygens (including phenoxy) is 1. The smallest absolute Gasteiger partial charge is 0.268 e. The zero-order valence-corrected chi connectivity index (χ0v) is 17.2. The van der Waals surface area contributed by atoms with Gasteiger partial charge in [0.05, 0.1) is 10.6 Å². The quantitative estimate of drug-likeness (QED) is 0.737. The molecule has 7 heteroatoms. The van der Waals surface area contributed by atoms with Crippen LogP contribution < -0.4 is 15.0 Å². The van der Waals surface area contributed by atoms with E-state index in [-0.39, 0.29) is 30.2 Å². The minimum absolute atomic E-state index is 0.0706. The second-order valence-electron chi connectivity index (χ2n) is 7.48. The molecule has 0 bridgehead atoms. The number of hydrogen-bond donors (Lipinski definition) is 1. The number of thiophene rings is 1. The van der Waals surface area contributed by atoms with Gasteiger partial charge in [0.25, 0.3) is 5.91 Å². The van der Waals surface area contributed by atoms with Crippen molar-refractivity contribution in [2.45, 2.75) is 51.2 Å². The maximum absolute atomic E-state index is 12.9. The number of nitrogens with zero attached hydrogens (tertiary/aromatic N) is 1. The summed E-state index contributed by atoms with van der Waals surface area (Å²) in [5.74, 6) is -0.0127. The summed E-state index contributed by atoms with van der Waals surface area (Å²) in [7, 11) is 0. The summed E-state index contributed by atoms with van der Waals surface area (Å²) in [4.78, 5) is 40.4. The molecule has 152 valence electrons. The van der Waals surface area contributed by atoms with Crippen LogP contribution in [0.4, 0.5) is 5.69 Å². The maximum atomic E-state index is 12.9. The van der Waals surface area contributed by atoms with E-state index in [1.807, 2.05) is 18.4 Å². The van der Waals surface area contributed by atoms with Crippen LogP contribution in [0.2, 0.25) is 0 Å². The van der Waals surface area contributed by atoms with Crippen LogP contribution in [0.3, 0.4) is 0 Å². The van der Waals surface area contributed by atoms with Crippen LogP contribution in [0.25, 0.3) is 0 Å². The molecule has 0 radical (unpaired) electrons. The third kappa shape index (κ3) is 4.05.